The maximum Gasteiger partial charge on any atom is 0.0391 e. The molecule has 0 N–H and O–H groups in total. The Balaban J connectivity index is 2.04. The molecule has 1 heteroatoms. The number of nitrogens with zero attached hydrogens (tertiary/aromatic N) is 1. The fraction of sp³-hybridized carbons (Fsp3) is 0.250. The van der Waals surface area contributed by atoms with Gasteiger partial charge in [0.1, 0.15) is 0 Å². The molecule has 1 aromatic rings. The Morgan fingerprint density at radius 1 is 1.08 bits per heavy atom. The summed E-state index contributed by atoms with van der Waals surface area (Å²) in [6.07, 6.45) is 3.57. The topological polar surface area (TPSA) is 12.4 Å². The molecule has 1 nitrogen and oxygen atoms in total. The average molecular weight is 169 g/mol. The molecule has 1 aliphatic rings. The van der Waals surface area contributed by atoms with Crippen molar-refractivity contribution in [1.29, 1.82) is 0 Å². The number of benzene rings is 1. The van der Waals surface area contributed by atoms with Crippen molar-refractivity contribution in [1.82, 2.24) is 0 Å². The third-order valence-electron chi connectivity index (χ3n) is 2.12. The molecule has 1 aromatic carbocycles. The summed E-state index contributed by atoms with van der Waals surface area (Å²) in [6, 6.07) is 12.8. The predicted octanol–water partition coefficient (Wildman–Crippen LogP) is 2.62. The zero-order valence-electron chi connectivity index (χ0n) is 7.46. The Hall–Kier alpha value is -1.55. The van der Waals surface area contributed by atoms with Crippen LogP contribution in [0.2, 0.25) is 0 Å². The molecular weight excluding hydrogens is 158 g/mol. The molecule has 0 amide bonds. The summed E-state index contributed by atoms with van der Waals surface area (Å²) in [7, 11) is 0. The van der Waals surface area contributed by atoms with E-state index in [9.17, 15) is 0 Å². The van der Waals surface area contributed by atoms with Crippen molar-refractivity contribution in [3.8, 4) is 12.0 Å². The summed E-state index contributed by atoms with van der Waals surface area (Å²) in [5.41, 5.74) is 2.29. The van der Waals surface area contributed by atoms with Crippen molar-refractivity contribution < 1.29 is 0 Å². The van der Waals surface area contributed by atoms with Gasteiger partial charge in [0.05, 0.1) is 0 Å². The lowest BCUT2D eigenvalue weighted by Gasteiger charge is -2.11. The molecule has 0 aromatic heterocycles. The smallest absolute Gasteiger partial charge is 0.0391 e. The van der Waals surface area contributed by atoms with E-state index in [0.717, 1.165) is 18.4 Å². The van der Waals surface area contributed by atoms with Crippen LogP contribution in [0.4, 0.5) is 0 Å². The highest BCUT2D eigenvalue weighted by atomic mass is 14.7. The van der Waals surface area contributed by atoms with E-state index in [1.54, 1.807) is 0 Å². The fourth-order valence-corrected chi connectivity index (χ4v) is 1.14. The molecule has 0 radical (unpaired) electrons. The van der Waals surface area contributed by atoms with Gasteiger partial charge in [-0.25, -0.2) is 4.99 Å². The number of aliphatic imine (C=N–C) groups is 1. The highest BCUT2D eigenvalue weighted by molar-refractivity contribution is 5.90. The summed E-state index contributed by atoms with van der Waals surface area (Å²) in [4.78, 5) is 4.18. The summed E-state index contributed by atoms with van der Waals surface area (Å²) in [6.45, 7) is 0. The molecule has 0 bridgehead atoms. The van der Waals surface area contributed by atoms with Crippen LogP contribution in [-0.2, 0) is 0 Å². The molecule has 13 heavy (non-hydrogen) atoms. The van der Waals surface area contributed by atoms with Gasteiger partial charge in [0.25, 0.3) is 0 Å². The normalized spacial score (nSPS) is 14.0. The zero-order chi connectivity index (χ0) is 8.93. The van der Waals surface area contributed by atoms with E-state index in [0.29, 0.717) is 0 Å². The van der Waals surface area contributed by atoms with E-state index in [-0.39, 0.29) is 0 Å². The van der Waals surface area contributed by atoms with Gasteiger partial charge in [-0.2, -0.15) is 0 Å². The van der Waals surface area contributed by atoms with E-state index in [2.05, 4.69) is 17.0 Å². The SMILES string of the molecule is C(#Cc1ccccc1)N=C1CCC1. The third kappa shape index (κ3) is 2.19. The highest BCUT2D eigenvalue weighted by Crippen LogP contribution is 2.13. The van der Waals surface area contributed by atoms with Gasteiger partial charge in [0, 0.05) is 17.3 Å². The summed E-state index contributed by atoms with van der Waals surface area (Å²) < 4.78 is 0. The first kappa shape index (κ1) is 8.07. The van der Waals surface area contributed by atoms with Crippen LogP contribution in [-0.4, -0.2) is 5.71 Å². The monoisotopic (exact) mass is 169 g/mol. The van der Waals surface area contributed by atoms with E-state index in [1.807, 2.05) is 30.3 Å². The molecule has 0 heterocycles. The Morgan fingerprint density at radius 3 is 2.46 bits per heavy atom. The van der Waals surface area contributed by atoms with E-state index >= 15 is 0 Å². The maximum atomic E-state index is 4.18. The van der Waals surface area contributed by atoms with Gasteiger partial charge in [-0.3, -0.25) is 0 Å². The minimum atomic E-state index is 1.03. The van der Waals surface area contributed by atoms with Gasteiger partial charge >= 0.3 is 0 Å². The molecule has 0 atom stereocenters. The lowest BCUT2D eigenvalue weighted by molar-refractivity contribution is 0.804. The van der Waals surface area contributed by atoms with Crippen LogP contribution < -0.4 is 0 Å². The van der Waals surface area contributed by atoms with Crippen molar-refractivity contribution in [3.63, 3.8) is 0 Å². The number of hydrogen-bond donors (Lipinski definition) is 0. The first-order chi connectivity index (χ1) is 6.45. The minimum absolute atomic E-state index is 1.03. The molecule has 0 unspecified atom stereocenters. The lowest BCUT2D eigenvalue weighted by Crippen LogP contribution is -2.08. The van der Waals surface area contributed by atoms with Crippen LogP contribution in [0.1, 0.15) is 24.8 Å². The van der Waals surface area contributed by atoms with Crippen LogP contribution in [0.25, 0.3) is 0 Å². The Labute approximate surface area is 78.5 Å². The van der Waals surface area contributed by atoms with E-state index in [1.165, 1.54) is 12.1 Å². The van der Waals surface area contributed by atoms with Gasteiger partial charge in [-0.05, 0) is 37.3 Å². The Morgan fingerprint density at radius 2 is 1.85 bits per heavy atom. The zero-order valence-corrected chi connectivity index (χ0v) is 7.46. The van der Waals surface area contributed by atoms with E-state index < -0.39 is 0 Å². The van der Waals surface area contributed by atoms with Crippen LogP contribution in [0.3, 0.4) is 0 Å². The van der Waals surface area contributed by atoms with Crippen molar-refractivity contribution in [2.24, 2.45) is 4.99 Å². The van der Waals surface area contributed by atoms with Gasteiger partial charge in [-0.15, -0.1) is 0 Å². The van der Waals surface area contributed by atoms with Crippen LogP contribution in [0.5, 0.6) is 0 Å². The quantitative estimate of drug-likeness (QED) is 0.529. The summed E-state index contributed by atoms with van der Waals surface area (Å²) in [5.74, 6) is 3.01. The second-order valence-electron chi connectivity index (χ2n) is 3.13. The molecule has 1 fully saturated rings. The van der Waals surface area contributed by atoms with Crippen LogP contribution in [0.15, 0.2) is 35.3 Å². The molecule has 0 spiro atoms. The van der Waals surface area contributed by atoms with Gasteiger partial charge in [-0.1, -0.05) is 18.2 Å². The van der Waals surface area contributed by atoms with Gasteiger partial charge < -0.3 is 0 Å². The average Bonchev–Trinajstić information content (AvgIpc) is 2.11. The third-order valence-corrected chi connectivity index (χ3v) is 2.12. The van der Waals surface area contributed by atoms with Crippen molar-refractivity contribution >= 4 is 5.71 Å². The highest BCUT2D eigenvalue weighted by Gasteiger charge is 2.08. The van der Waals surface area contributed by atoms with E-state index in [4.69, 9.17) is 0 Å². The van der Waals surface area contributed by atoms with Crippen LogP contribution in [0, 0.1) is 12.0 Å². The number of hydrogen-bond acceptors (Lipinski definition) is 1. The number of rotatable bonds is 0. The molecule has 64 valence electrons. The molecule has 1 saturated carbocycles. The van der Waals surface area contributed by atoms with Gasteiger partial charge in [0.2, 0.25) is 0 Å². The largest absolute Gasteiger partial charge is 0.207 e. The maximum absolute atomic E-state index is 4.18. The lowest BCUT2D eigenvalue weighted by atomic mass is 9.97. The second kappa shape index (κ2) is 3.91. The van der Waals surface area contributed by atoms with Crippen molar-refractivity contribution in [2.75, 3.05) is 0 Å². The first-order valence-electron chi connectivity index (χ1n) is 4.57. The Bertz CT molecular complexity index is 359. The standard InChI is InChI=1S/C12H11N/c1-2-5-11(6-3-1)9-10-13-12-7-4-8-12/h1-3,5-6H,4,7-8H2. The van der Waals surface area contributed by atoms with Crippen molar-refractivity contribution in [3.05, 3.63) is 35.9 Å². The van der Waals surface area contributed by atoms with Gasteiger partial charge in [0.15, 0.2) is 0 Å². The molecule has 2 rings (SSSR count). The molecule has 0 aliphatic heterocycles. The fourth-order valence-electron chi connectivity index (χ4n) is 1.14. The predicted molar refractivity (Wildman–Crippen MR) is 54.6 cm³/mol. The Kier molecular flexibility index (Phi) is 2.43. The second-order valence-corrected chi connectivity index (χ2v) is 3.13. The first-order valence-corrected chi connectivity index (χ1v) is 4.57. The molecular formula is C12H11N. The molecule has 1 aliphatic carbocycles. The summed E-state index contributed by atoms with van der Waals surface area (Å²) in [5, 5.41) is 0. The minimum Gasteiger partial charge on any atom is -0.207 e. The molecule has 0 saturated heterocycles. The van der Waals surface area contributed by atoms with Crippen molar-refractivity contribution in [2.45, 2.75) is 19.3 Å². The van der Waals surface area contributed by atoms with Crippen LogP contribution >= 0.6 is 0 Å². The summed E-state index contributed by atoms with van der Waals surface area (Å²) >= 11 is 0.